The van der Waals surface area contributed by atoms with Gasteiger partial charge in [-0.05, 0) is 38.6 Å². The molecule has 1 aliphatic rings. The van der Waals surface area contributed by atoms with Crippen LogP contribution in [0.1, 0.15) is 50.6 Å². The molecule has 0 fully saturated rings. The van der Waals surface area contributed by atoms with E-state index in [2.05, 4.69) is 28.4 Å². The van der Waals surface area contributed by atoms with E-state index >= 15 is 0 Å². The van der Waals surface area contributed by atoms with Gasteiger partial charge in [0.05, 0.1) is 24.0 Å². The largest absolute Gasteiger partial charge is 0.306 e. The third kappa shape index (κ3) is 2.61. The Morgan fingerprint density at radius 1 is 1.35 bits per heavy atom. The van der Waals surface area contributed by atoms with Gasteiger partial charge in [0.25, 0.3) is 0 Å². The smallest absolute Gasteiger partial charge is 0.0896 e. The monoisotopic (exact) mass is 270 g/mol. The third-order valence-corrected chi connectivity index (χ3v) is 3.96. The van der Waals surface area contributed by atoms with Gasteiger partial charge in [0.2, 0.25) is 0 Å². The topological polar surface area (TPSA) is 42.2 Å². The van der Waals surface area contributed by atoms with Crippen LogP contribution in [0.4, 0.5) is 0 Å². The Morgan fingerprint density at radius 2 is 2.30 bits per heavy atom. The van der Waals surface area contributed by atoms with Crippen LogP contribution in [-0.4, -0.2) is 21.1 Å². The highest BCUT2D eigenvalue weighted by Gasteiger charge is 2.21. The fraction of sp³-hybridized carbons (Fsp3) is 0.500. The number of hydrogen-bond acceptors (Lipinski definition) is 3. The first-order valence-corrected chi connectivity index (χ1v) is 7.59. The number of rotatable bonds is 5. The number of nitrogens with zero attached hydrogens (tertiary/aromatic N) is 3. The first-order valence-electron chi connectivity index (χ1n) is 7.59. The second-order valence-corrected chi connectivity index (χ2v) is 5.42. The maximum atomic E-state index is 4.45. The molecule has 4 nitrogen and oxygen atoms in total. The molecule has 2 aromatic heterocycles. The number of nitrogens with one attached hydrogen (secondary N) is 1. The van der Waals surface area contributed by atoms with Gasteiger partial charge in [-0.2, -0.15) is 5.10 Å². The van der Waals surface area contributed by atoms with E-state index in [-0.39, 0.29) is 6.04 Å². The number of aromatic nitrogens is 3. The van der Waals surface area contributed by atoms with Crippen LogP contribution in [0, 0.1) is 0 Å². The molecule has 2 heterocycles. The van der Waals surface area contributed by atoms with E-state index in [1.807, 2.05) is 23.1 Å². The Bertz CT molecular complexity index is 599. The van der Waals surface area contributed by atoms with Gasteiger partial charge in [-0.25, -0.2) is 4.52 Å². The molecule has 3 rings (SSSR count). The molecular weight excluding hydrogens is 248 g/mol. The second kappa shape index (κ2) is 6.18. The zero-order chi connectivity index (χ0) is 13.8. The van der Waals surface area contributed by atoms with Gasteiger partial charge in [0, 0.05) is 18.0 Å². The van der Waals surface area contributed by atoms with Crippen molar-refractivity contribution >= 4 is 5.52 Å². The van der Waals surface area contributed by atoms with Gasteiger partial charge in [0.15, 0.2) is 0 Å². The lowest BCUT2D eigenvalue weighted by molar-refractivity contribution is 0.549. The van der Waals surface area contributed by atoms with Crippen LogP contribution in [0.5, 0.6) is 0 Å². The molecule has 0 radical (unpaired) electrons. The molecule has 4 heteroatoms. The average Bonchev–Trinajstić information content (AvgIpc) is 2.93. The van der Waals surface area contributed by atoms with E-state index in [1.165, 1.54) is 36.8 Å². The molecule has 0 saturated carbocycles. The van der Waals surface area contributed by atoms with Crippen molar-refractivity contribution in [1.82, 2.24) is 19.9 Å². The molecule has 1 N–H and O–H groups in total. The molecule has 0 spiro atoms. The van der Waals surface area contributed by atoms with Crippen LogP contribution in [0.2, 0.25) is 0 Å². The number of hydrogen-bond donors (Lipinski definition) is 1. The van der Waals surface area contributed by atoms with E-state index in [0.29, 0.717) is 0 Å². The van der Waals surface area contributed by atoms with Gasteiger partial charge in [0.1, 0.15) is 0 Å². The van der Waals surface area contributed by atoms with Crippen LogP contribution in [0.15, 0.2) is 36.4 Å². The zero-order valence-electron chi connectivity index (χ0n) is 12.0. The van der Waals surface area contributed by atoms with Crippen molar-refractivity contribution < 1.29 is 0 Å². The molecular formula is C16H22N4. The summed E-state index contributed by atoms with van der Waals surface area (Å²) in [5, 5.41) is 8.14. The Labute approximate surface area is 119 Å². The summed E-state index contributed by atoms with van der Waals surface area (Å²) in [5.41, 5.74) is 3.87. The molecule has 20 heavy (non-hydrogen) atoms. The summed E-state index contributed by atoms with van der Waals surface area (Å²) in [7, 11) is 0. The normalized spacial score (nSPS) is 17.1. The van der Waals surface area contributed by atoms with Crippen molar-refractivity contribution in [3.05, 3.63) is 42.0 Å². The highest BCUT2D eigenvalue weighted by molar-refractivity contribution is 5.55. The van der Waals surface area contributed by atoms with E-state index in [0.717, 1.165) is 18.5 Å². The number of allylic oxidation sites excluding steroid dienone is 1. The van der Waals surface area contributed by atoms with Gasteiger partial charge in [-0.3, -0.25) is 4.98 Å². The predicted octanol–water partition coefficient (Wildman–Crippen LogP) is 3.27. The highest BCUT2D eigenvalue weighted by Crippen LogP contribution is 2.31. The Balaban J connectivity index is 1.97. The minimum Gasteiger partial charge on any atom is -0.306 e. The minimum absolute atomic E-state index is 0.289. The molecule has 1 aliphatic carbocycles. The first kappa shape index (κ1) is 13.3. The average molecular weight is 270 g/mol. The van der Waals surface area contributed by atoms with E-state index in [4.69, 9.17) is 0 Å². The van der Waals surface area contributed by atoms with Crippen LogP contribution < -0.4 is 5.32 Å². The highest BCUT2D eigenvalue weighted by atomic mass is 15.2. The molecule has 106 valence electrons. The van der Waals surface area contributed by atoms with Crippen molar-refractivity contribution in [2.24, 2.45) is 0 Å². The molecule has 0 aromatic carbocycles. The van der Waals surface area contributed by atoms with Crippen LogP contribution >= 0.6 is 0 Å². The lowest BCUT2D eigenvalue weighted by Crippen LogP contribution is -2.24. The van der Waals surface area contributed by atoms with E-state index < -0.39 is 0 Å². The second-order valence-electron chi connectivity index (χ2n) is 5.42. The van der Waals surface area contributed by atoms with Crippen molar-refractivity contribution in [2.75, 3.05) is 6.54 Å². The van der Waals surface area contributed by atoms with Crippen LogP contribution in [0.3, 0.4) is 0 Å². The molecule has 0 aliphatic heterocycles. The van der Waals surface area contributed by atoms with Crippen molar-refractivity contribution in [3.8, 4) is 0 Å². The standard InChI is InChI=1S/C16H22N4/c1-2-8-18-16(13-6-4-3-5-7-13)14-11-19-20-10-9-17-12-15(14)20/h6,9-12,16,18H,2-5,7-8H2,1H3. The minimum atomic E-state index is 0.289. The SMILES string of the molecule is CCCNC(C1=CCCCC1)c1cnn2ccncc12. The molecule has 0 bridgehead atoms. The van der Waals surface area contributed by atoms with Crippen molar-refractivity contribution in [3.63, 3.8) is 0 Å². The van der Waals surface area contributed by atoms with Crippen LogP contribution in [-0.2, 0) is 0 Å². The maximum Gasteiger partial charge on any atom is 0.0896 e. The summed E-state index contributed by atoms with van der Waals surface area (Å²) >= 11 is 0. The van der Waals surface area contributed by atoms with Gasteiger partial charge in [-0.1, -0.05) is 18.6 Å². The van der Waals surface area contributed by atoms with E-state index in [1.54, 1.807) is 6.20 Å². The number of fused-ring (bicyclic) bond motifs is 1. The van der Waals surface area contributed by atoms with Crippen molar-refractivity contribution in [2.45, 2.75) is 45.1 Å². The fourth-order valence-electron chi connectivity index (χ4n) is 2.93. The third-order valence-electron chi connectivity index (χ3n) is 3.96. The summed E-state index contributed by atoms with van der Waals surface area (Å²) in [6.07, 6.45) is 16.1. The van der Waals surface area contributed by atoms with E-state index in [9.17, 15) is 0 Å². The summed E-state index contributed by atoms with van der Waals surface area (Å²) in [5.74, 6) is 0. The molecule has 1 atom stereocenters. The molecule has 1 unspecified atom stereocenters. The van der Waals surface area contributed by atoms with Gasteiger partial charge in [-0.15, -0.1) is 0 Å². The summed E-state index contributed by atoms with van der Waals surface area (Å²) in [4.78, 5) is 4.25. The summed E-state index contributed by atoms with van der Waals surface area (Å²) in [6.45, 7) is 3.23. The predicted molar refractivity (Wildman–Crippen MR) is 80.6 cm³/mol. The molecule has 0 saturated heterocycles. The van der Waals surface area contributed by atoms with Crippen molar-refractivity contribution in [1.29, 1.82) is 0 Å². The summed E-state index contributed by atoms with van der Waals surface area (Å²) in [6, 6.07) is 0.289. The zero-order valence-corrected chi connectivity index (χ0v) is 12.0. The Hall–Kier alpha value is -1.68. The lowest BCUT2D eigenvalue weighted by atomic mass is 9.90. The lowest BCUT2D eigenvalue weighted by Gasteiger charge is -2.24. The van der Waals surface area contributed by atoms with Crippen LogP contribution in [0.25, 0.3) is 5.52 Å². The fourth-order valence-corrected chi connectivity index (χ4v) is 2.93. The van der Waals surface area contributed by atoms with Gasteiger partial charge < -0.3 is 5.32 Å². The quantitative estimate of drug-likeness (QED) is 0.848. The summed E-state index contributed by atoms with van der Waals surface area (Å²) < 4.78 is 1.91. The maximum absolute atomic E-state index is 4.45. The molecule has 0 amide bonds. The first-order chi connectivity index (χ1) is 9.90. The molecule has 2 aromatic rings. The Morgan fingerprint density at radius 3 is 3.10 bits per heavy atom. The van der Waals surface area contributed by atoms with Gasteiger partial charge >= 0.3 is 0 Å². The Kier molecular flexibility index (Phi) is 4.11.